The molecule has 0 bridgehead atoms. The van der Waals surface area contributed by atoms with Gasteiger partial charge in [-0.05, 0) is 30.6 Å². The molecule has 1 saturated carbocycles. The molecule has 0 radical (unpaired) electrons. The average molecular weight is 235 g/mol. The number of rotatable bonds is 4. The minimum Gasteiger partial charge on any atom is -0.355 e. The molecule has 0 aromatic carbocycles. The van der Waals surface area contributed by atoms with Crippen LogP contribution >= 0.6 is 0 Å². The van der Waals surface area contributed by atoms with Crippen LogP contribution in [0.2, 0.25) is 0 Å². The normalized spacial score (nSPS) is 28.9. The summed E-state index contributed by atoms with van der Waals surface area (Å²) < 4.78 is 2.34. The molecule has 3 atom stereocenters. The Labute approximate surface area is 105 Å². The van der Waals surface area contributed by atoms with Crippen LogP contribution in [0.15, 0.2) is 12.4 Å². The van der Waals surface area contributed by atoms with Crippen molar-refractivity contribution in [3.05, 3.63) is 12.4 Å². The van der Waals surface area contributed by atoms with Crippen LogP contribution in [0.3, 0.4) is 0 Å². The summed E-state index contributed by atoms with van der Waals surface area (Å²) >= 11 is 0. The zero-order valence-corrected chi connectivity index (χ0v) is 11.5. The smallest absolute Gasteiger partial charge is 0.203 e. The average Bonchev–Trinajstić information content (AvgIpc) is 2.85. The van der Waals surface area contributed by atoms with Crippen LogP contribution in [0.25, 0.3) is 0 Å². The fraction of sp³-hybridized carbons (Fsp3) is 0.786. The third-order valence-electron chi connectivity index (χ3n) is 4.12. The second-order valence-corrected chi connectivity index (χ2v) is 5.91. The highest BCUT2D eigenvalue weighted by atomic mass is 15.2. The van der Waals surface area contributed by atoms with Crippen molar-refractivity contribution in [1.29, 1.82) is 0 Å². The lowest BCUT2D eigenvalue weighted by atomic mass is 9.98. The van der Waals surface area contributed by atoms with Crippen molar-refractivity contribution in [3.63, 3.8) is 0 Å². The highest BCUT2D eigenvalue weighted by Crippen LogP contribution is 2.40. The summed E-state index contributed by atoms with van der Waals surface area (Å²) in [6.07, 6.45) is 6.67. The van der Waals surface area contributed by atoms with Crippen LogP contribution in [0.1, 0.15) is 46.6 Å². The number of hydrogen-bond acceptors (Lipinski definition) is 2. The molecule has 3 heteroatoms. The van der Waals surface area contributed by atoms with Gasteiger partial charge < -0.3 is 9.88 Å². The van der Waals surface area contributed by atoms with Crippen molar-refractivity contribution in [2.45, 2.75) is 46.6 Å². The van der Waals surface area contributed by atoms with E-state index >= 15 is 0 Å². The minimum absolute atomic E-state index is 0.627. The first-order valence-electron chi connectivity index (χ1n) is 6.86. The summed E-state index contributed by atoms with van der Waals surface area (Å²) in [5.74, 6) is 3.29. The van der Waals surface area contributed by atoms with Crippen LogP contribution in [-0.2, 0) is 0 Å². The van der Waals surface area contributed by atoms with Gasteiger partial charge in [0.2, 0.25) is 5.95 Å². The quantitative estimate of drug-likeness (QED) is 0.864. The summed E-state index contributed by atoms with van der Waals surface area (Å²) in [7, 11) is 0. The highest BCUT2D eigenvalue weighted by Gasteiger charge is 2.31. The van der Waals surface area contributed by atoms with Crippen molar-refractivity contribution >= 4 is 5.95 Å². The van der Waals surface area contributed by atoms with Gasteiger partial charge in [-0.2, -0.15) is 0 Å². The molecule has 0 aliphatic heterocycles. The van der Waals surface area contributed by atoms with Crippen LogP contribution in [-0.4, -0.2) is 16.1 Å². The molecule has 1 aromatic rings. The van der Waals surface area contributed by atoms with E-state index in [4.69, 9.17) is 0 Å². The molecule has 1 aromatic heterocycles. The molecule has 1 aliphatic carbocycles. The fourth-order valence-electron chi connectivity index (χ4n) is 2.74. The predicted octanol–water partition coefficient (Wildman–Crippen LogP) is 3.56. The zero-order valence-electron chi connectivity index (χ0n) is 11.5. The third kappa shape index (κ3) is 2.64. The lowest BCUT2D eigenvalue weighted by Crippen LogP contribution is -2.18. The summed E-state index contributed by atoms with van der Waals surface area (Å²) in [6.45, 7) is 10.2. The molecule has 3 unspecified atom stereocenters. The Morgan fingerprint density at radius 3 is 2.76 bits per heavy atom. The predicted molar refractivity (Wildman–Crippen MR) is 72.2 cm³/mol. The van der Waals surface area contributed by atoms with E-state index in [0.717, 1.165) is 24.3 Å². The molecular weight excluding hydrogens is 210 g/mol. The Bertz CT molecular complexity index is 356. The van der Waals surface area contributed by atoms with Crippen molar-refractivity contribution in [3.8, 4) is 0 Å². The summed E-state index contributed by atoms with van der Waals surface area (Å²) in [4.78, 5) is 4.44. The van der Waals surface area contributed by atoms with Gasteiger partial charge in [-0.25, -0.2) is 4.98 Å². The Balaban J connectivity index is 2.08. The van der Waals surface area contributed by atoms with E-state index in [9.17, 15) is 0 Å². The maximum atomic E-state index is 4.44. The van der Waals surface area contributed by atoms with E-state index < -0.39 is 0 Å². The Morgan fingerprint density at radius 2 is 2.18 bits per heavy atom. The van der Waals surface area contributed by atoms with E-state index in [1.165, 1.54) is 12.8 Å². The maximum Gasteiger partial charge on any atom is 0.203 e. The third-order valence-corrected chi connectivity index (χ3v) is 4.12. The van der Waals surface area contributed by atoms with Gasteiger partial charge in [-0.3, -0.25) is 0 Å². The van der Waals surface area contributed by atoms with E-state index in [0.29, 0.717) is 12.0 Å². The summed E-state index contributed by atoms with van der Waals surface area (Å²) in [5, 5.41) is 3.46. The number of nitrogens with one attached hydrogen (secondary N) is 1. The van der Waals surface area contributed by atoms with Crippen LogP contribution in [0, 0.1) is 17.8 Å². The van der Waals surface area contributed by atoms with E-state index in [1.54, 1.807) is 0 Å². The van der Waals surface area contributed by atoms with Crippen molar-refractivity contribution in [2.75, 3.05) is 11.9 Å². The maximum absolute atomic E-state index is 4.44. The number of imidazole rings is 1. The van der Waals surface area contributed by atoms with Gasteiger partial charge in [0.25, 0.3) is 0 Å². The van der Waals surface area contributed by atoms with Gasteiger partial charge in [-0.15, -0.1) is 0 Å². The number of nitrogens with zero attached hydrogens (tertiary/aromatic N) is 2. The monoisotopic (exact) mass is 235 g/mol. The molecule has 2 rings (SSSR count). The highest BCUT2D eigenvalue weighted by molar-refractivity contribution is 5.27. The van der Waals surface area contributed by atoms with Crippen molar-refractivity contribution in [2.24, 2.45) is 17.8 Å². The largest absolute Gasteiger partial charge is 0.355 e. The fourth-order valence-corrected chi connectivity index (χ4v) is 2.74. The van der Waals surface area contributed by atoms with Crippen molar-refractivity contribution in [1.82, 2.24) is 9.55 Å². The Morgan fingerprint density at radius 1 is 1.41 bits per heavy atom. The topological polar surface area (TPSA) is 29.9 Å². The molecule has 96 valence electrons. The first kappa shape index (κ1) is 12.5. The first-order chi connectivity index (χ1) is 8.09. The zero-order chi connectivity index (χ0) is 12.4. The summed E-state index contributed by atoms with van der Waals surface area (Å²) in [6, 6.07) is 0.627. The Kier molecular flexibility index (Phi) is 3.75. The molecule has 0 spiro atoms. The molecule has 3 nitrogen and oxygen atoms in total. The van der Waals surface area contributed by atoms with Crippen molar-refractivity contribution < 1.29 is 0 Å². The molecule has 0 saturated heterocycles. The number of aromatic nitrogens is 2. The summed E-state index contributed by atoms with van der Waals surface area (Å²) in [5.41, 5.74) is 0. The molecule has 1 fully saturated rings. The van der Waals surface area contributed by atoms with Crippen LogP contribution < -0.4 is 5.32 Å². The molecule has 17 heavy (non-hydrogen) atoms. The van der Waals surface area contributed by atoms with Gasteiger partial charge in [0.1, 0.15) is 0 Å². The number of anilines is 1. The minimum atomic E-state index is 0.627. The van der Waals surface area contributed by atoms with Gasteiger partial charge in [0, 0.05) is 25.0 Å². The van der Waals surface area contributed by atoms with E-state index in [1.807, 2.05) is 6.20 Å². The Hall–Kier alpha value is -0.990. The molecule has 0 amide bonds. The second kappa shape index (κ2) is 5.11. The van der Waals surface area contributed by atoms with Gasteiger partial charge >= 0.3 is 0 Å². The lowest BCUT2D eigenvalue weighted by molar-refractivity contribution is 0.355. The number of hydrogen-bond donors (Lipinski definition) is 1. The first-order valence-corrected chi connectivity index (χ1v) is 6.86. The lowest BCUT2D eigenvalue weighted by Gasteiger charge is -2.22. The molecule has 1 N–H and O–H groups in total. The van der Waals surface area contributed by atoms with E-state index in [2.05, 4.69) is 48.8 Å². The van der Waals surface area contributed by atoms with Gasteiger partial charge in [-0.1, -0.05) is 27.7 Å². The van der Waals surface area contributed by atoms with E-state index in [-0.39, 0.29) is 0 Å². The SMILES string of the molecule is CC(C)CNc1nccn1C1CCC(C)C1C. The second-order valence-electron chi connectivity index (χ2n) is 5.91. The van der Waals surface area contributed by atoms with Crippen LogP contribution in [0.5, 0.6) is 0 Å². The standard InChI is InChI=1S/C14H25N3/c1-10(2)9-16-14-15-7-8-17(14)13-6-5-11(3)12(13)4/h7-8,10-13H,5-6,9H2,1-4H3,(H,15,16). The van der Waals surface area contributed by atoms with Gasteiger partial charge in [0.15, 0.2) is 0 Å². The molecule has 1 heterocycles. The molecular formula is C14H25N3. The van der Waals surface area contributed by atoms with Gasteiger partial charge in [0.05, 0.1) is 0 Å². The van der Waals surface area contributed by atoms with Crippen LogP contribution in [0.4, 0.5) is 5.95 Å². The molecule has 1 aliphatic rings.